The molecule has 7 nitrogen and oxygen atoms in total. The van der Waals surface area contributed by atoms with Crippen LogP contribution in [0.15, 0.2) is 66.7 Å². The summed E-state index contributed by atoms with van der Waals surface area (Å²) in [4.78, 5) is 27.5. The monoisotopic (exact) mass is 605 g/mol. The van der Waals surface area contributed by atoms with Gasteiger partial charge in [-0.15, -0.1) is 0 Å². The highest BCUT2D eigenvalue weighted by atomic mass is 35.5. The van der Waals surface area contributed by atoms with Gasteiger partial charge >= 0.3 is 6.09 Å². The number of benzene rings is 3. The summed E-state index contributed by atoms with van der Waals surface area (Å²) >= 11 is 6.88. The molecule has 43 heavy (non-hydrogen) atoms. The van der Waals surface area contributed by atoms with Gasteiger partial charge in [-0.1, -0.05) is 67.1 Å². The Morgan fingerprint density at radius 2 is 1.86 bits per heavy atom. The molecule has 0 saturated carbocycles. The molecule has 8 heteroatoms. The van der Waals surface area contributed by atoms with E-state index < -0.39 is 11.7 Å². The SMILES string of the molecule is CCc1cccc(-c2c(Cl)cccc2[C@@](O)(CCCNC(=O)OC(C)C)C2CCCN(C(=O)c3ccc(CN)cc3)C2)c1. The lowest BCUT2D eigenvalue weighted by Crippen LogP contribution is -2.48. The number of likely N-dealkylation sites (tertiary alicyclic amines) is 1. The number of carbonyl (C=O) groups is 2. The number of carbonyl (C=O) groups excluding carboxylic acids is 2. The summed E-state index contributed by atoms with van der Waals surface area (Å²) in [6, 6.07) is 21.3. The van der Waals surface area contributed by atoms with E-state index in [1.807, 2.05) is 59.5 Å². The van der Waals surface area contributed by atoms with Crippen molar-refractivity contribution in [2.75, 3.05) is 19.6 Å². The third-order valence-corrected chi connectivity index (χ3v) is 8.59. The molecule has 0 spiro atoms. The molecule has 1 unspecified atom stereocenters. The lowest BCUT2D eigenvalue weighted by Gasteiger charge is -2.44. The first-order valence-electron chi connectivity index (χ1n) is 15.3. The maximum atomic E-state index is 13.6. The van der Waals surface area contributed by atoms with Crippen molar-refractivity contribution in [1.82, 2.24) is 10.2 Å². The number of nitrogens with one attached hydrogen (secondary N) is 1. The van der Waals surface area contributed by atoms with Gasteiger partial charge < -0.3 is 25.8 Å². The van der Waals surface area contributed by atoms with Crippen molar-refractivity contribution in [3.8, 4) is 11.1 Å². The van der Waals surface area contributed by atoms with E-state index in [4.69, 9.17) is 22.1 Å². The van der Waals surface area contributed by atoms with Crippen molar-refractivity contribution in [3.05, 3.63) is 94.0 Å². The number of alkyl carbamates (subject to hydrolysis) is 1. The van der Waals surface area contributed by atoms with Crippen LogP contribution in [0, 0.1) is 5.92 Å². The second kappa shape index (κ2) is 14.9. The van der Waals surface area contributed by atoms with Gasteiger partial charge in [0.2, 0.25) is 0 Å². The molecule has 2 amide bonds. The smallest absolute Gasteiger partial charge is 0.407 e. The number of ether oxygens (including phenoxy) is 1. The number of piperidine rings is 1. The van der Waals surface area contributed by atoms with Gasteiger partial charge in [0.25, 0.3) is 5.91 Å². The molecule has 3 aromatic carbocycles. The largest absolute Gasteiger partial charge is 0.447 e. The number of hydrogen-bond donors (Lipinski definition) is 3. The summed E-state index contributed by atoms with van der Waals surface area (Å²) in [5.74, 6) is -0.307. The van der Waals surface area contributed by atoms with E-state index in [-0.39, 0.29) is 17.9 Å². The molecule has 0 aromatic heterocycles. The highest BCUT2D eigenvalue weighted by molar-refractivity contribution is 6.33. The lowest BCUT2D eigenvalue weighted by molar-refractivity contribution is -0.0563. The Kier molecular flexibility index (Phi) is 11.2. The predicted molar refractivity (Wildman–Crippen MR) is 172 cm³/mol. The molecule has 1 aliphatic rings. The summed E-state index contributed by atoms with van der Waals surface area (Å²) in [6.07, 6.45) is 2.57. The zero-order valence-corrected chi connectivity index (χ0v) is 26.2. The van der Waals surface area contributed by atoms with Gasteiger partial charge in [0.15, 0.2) is 0 Å². The molecule has 1 saturated heterocycles. The minimum atomic E-state index is -1.31. The van der Waals surface area contributed by atoms with Crippen LogP contribution < -0.4 is 11.1 Å². The second-order valence-corrected chi connectivity index (χ2v) is 12.0. The van der Waals surface area contributed by atoms with Crippen molar-refractivity contribution in [1.29, 1.82) is 0 Å². The fourth-order valence-corrected chi connectivity index (χ4v) is 6.29. The average Bonchev–Trinajstić information content (AvgIpc) is 3.02. The van der Waals surface area contributed by atoms with Gasteiger partial charge in [0, 0.05) is 48.2 Å². The van der Waals surface area contributed by atoms with Crippen LogP contribution in [0.4, 0.5) is 4.79 Å². The summed E-state index contributed by atoms with van der Waals surface area (Å²) < 4.78 is 5.21. The van der Waals surface area contributed by atoms with E-state index in [0.29, 0.717) is 49.6 Å². The second-order valence-electron chi connectivity index (χ2n) is 11.6. The van der Waals surface area contributed by atoms with Crippen molar-refractivity contribution >= 4 is 23.6 Å². The van der Waals surface area contributed by atoms with Crippen LogP contribution in [0.5, 0.6) is 0 Å². The van der Waals surface area contributed by atoms with Crippen molar-refractivity contribution in [2.45, 2.75) is 71.1 Å². The Morgan fingerprint density at radius 1 is 1.12 bits per heavy atom. The van der Waals surface area contributed by atoms with Gasteiger partial charge in [-0.05, 0) is 86.4 Å². The first kappa shape index (κ1) is 32.5. The fraction of sp³-hybridized carbons (Fsp3) is 0.429. The Balaban J connectivity index is 1.68. The van der Waals surface area contributed by atoms with Crippen LogP contribution in [-0.4, -0.2) is 47.7 Å². The van der Waals surface area contributed by atoms with E-state index in [9.17, 15) is 14.7 Å². The number of nitrogens with zero attached hydrogens (tertiary/aromatic N) is 1. The van der Waals surface area contributed by atoms with Gasteiger partial charge in [-0.2, -0.15) is 0 Å². The average molecular weight is 606 g/mol. The molecular weight excluding hydrogens is 562 g/mol. The standard InChI is InChI=1S/C35H44ClN3O4/c1-4-25-9-5-10-28(21-25)32-30(12-6-13-31(32)36)35(42,18-8-19-38-34(41)43-24(2)3)29-11-7-20-39(23-29)33(40)27-16-14-26(22-37)15-17-27/h5-6,9-10,12-17,21,24,29,42H,4,7-8,11,18-20,22-23,37H2,1-3H3,(H,38,41)/t29?,35-/m1/s1. The fourth-order valence-electron chi connectivity index (χ4n) is 6.01. The van der Waals surface area contributed by atoms with Crippen LogP contribution in [0.3, 0.4) is 0 Å². The minimum absolute atomic E-state index is 0.0596. The van der Waals surface area contributed by atoms with Crippen LogP contribution in [0.2, 0.25) is 5.02 Å². The Bertz CT molecular complexity index is 1390. The zero-order valence-electron chi connectivity index (χ0n) is 25.4. The number of aryl methyl sites for hydroxylation is 1. The third-order valence-electron chi connectivity index (χ3n) is 8.27. The zero-order chi connectivity index (χ0) is 31.0. The van der Waals surface area contributed by atoms with E-state index in [1.54, 1.807) is 13.8 Å². The van der Waals surface area contributed by atoms with Crippen LogP contribution in [-0.2, 0) is 23.3 Å². The number of amides is 2. The van der Waals surface area contributed by atoms with Crippen LogP contribution in [0.1, 0.15) is 73.5 Å². The molecular formula is C35H44ClN3O4. The summed E-state index contributed by atoms with van der Waals surface area (Å²) in [5, 5.41) is 16.2. The molecule has 0 aliphatic carbocycles. The van der Waals surface area contributed by atoms with E-state index in [0.717, 1.165) is 41.5 Å². The molecule has 1 aliphatic heterocycles. The normalized spacial score (nSPS) is 16.5. The Labute approximate surface area is 260 Å². The molecule has 230 valence electrons. The van der Waals surface area contributed by atoms with E-state index >= 15 is 0 Å². The van der Waals surface area contributed by atoms with Crippen LogP contribution in [0.25, 0.3) is 11.1 Å². The van der Waals surface area contributed by atoms with Gasteiger partial charge in [0.1, 0.15) is 0 Å². The van der Waals surface area contributed by atoms with Crippen molar-refractivity contribution in [3.63, 3.8) is 0 Å². The first-order chi connectivity index (χ1) is 20.7. The molecule has 0 bridgehead atoms. The van der Waals surface area contributed by atoms with Gasteiger partial charge in [0.05, 0.1) is 11.7 Å². The number of aliphatic hydroxyl groups is 1. The predicted octanol–water partition coefficient (Wildman–Crippen LogP) is 6.68. The van der Waals surface area contributed by atoms with E-state index in [1.165, 1.54) is 5.56 Å². The third kappa shape index (κ3) is 7.96. The van der Waals surface area contributed by atoms with Crippen molar-refractivity contribution < 1.29 is 19.4 Å². The van der Waals surface area contributed by atoms with Crippen LogP contribution >= 0.6 is 11.6 Å². The van der Waals surface area contributed by atoms with Crippen molar-refractivity contribution in [2.24, 2.45) is 11.7 Å². The Morgan fingerprint density at radius 3 is 2.56 bits per heavy atom. The molecule has 4 N–H and O–H groups in total. The topological polar surface area (TPSA) is 105 Å². The van der Waals surface area contributed by atoms with Gasteiger partial charge in [-0.25, -0.2) is 4.79 Å². The van der Waals surface area contributed by atoms with E-state index in [2.05, 4.69) is 24.4 Å². The van der Waals surface area contributed by atoms with Gasteiger partial charge in [-0.3, -0.25) is 4.79 Å². The number of halogens is 1. The highest BCUT2D eigenvalue weighted by Crippen LogP contribution is 2.45. The first-order valence-corrected chi connectivity index (χ1v) is 15.7. The number of rotatable bonds is 11. The Hall–Kier alpha value is -3.39. The number of nitrogens with two attached hydrogens (primary N) is 1. The molecule has 1 fully saturated rings. The maximum absolute atomic E-state index is 13.6. The molecule has 4 rings (SSSR count). The quantitative estimate of drug-likeness (QED) is 0.211. The maximum Gasteiger partial charge on any atom is 0.407 e. The summed E-state index contributed by atoms with van der Waals surface area (Å²) in [7, 11) is 0. The molecule has 1 heterocycles. The number of hydrogen-bond acceptors (Lipinski definition) is 5. The highest BCUT2D eigenvalue weighted by Gasteiger charge is 2.43. The summed E-state index contributed by atoms with van der Waals surface area (Å²) in [5.41, 5.74) is 9.67. The minimum Gasteiger partial charge on any atom is -0.447 e. The molecule has 3 aromatic rings. The molecule has 2 atom stereocenters. The molecule has 0 radical (unpaired) electrons. The lowest BCUT2D eigenvalue weighted by atomic mass is 9.72. The summed E-state index contributed by atoms with van der Waals surface area (Å²) in [6.45, 7) is 7.49.